The van der Waals surface area contributed by atoms with Crippen molar-refractivity contribution < 1.29 is 9.47 Å². The summed E-state index contributed by atoms with van der Waals surface area (Å²) in [6.45, 7) is 0. The van der Waals surface area contributed by atoms with Gasteiger partial charge in [0.1, 0.15) is 11.5 Å². The Bertz CT molecular complexity index is 611. The minimum absolute atomic E-state index is 0.0643. The second-order valence-electron chi connectivity index (χ2n) is 4.47. The lowest BCUT2D eigenvalue weighted by Crippen LogP contribution is -2.19. The zero-order valence-corrected chi connectivity index (χ0v) is 15.0. The van der Waals surface area contributed by atoms with E-state index in [1.54, 1.807) is 14.2 Å². The average molecular weight is 418 g/mol. The largest absolute Gasteiger partial charge is 0.496 e. The molecule has 0 fully saturated rings. The molecule has 0 radical (unpaired) electrons. The first-order valence-corrected chi connectivity index (χ1v) is 7.91. The van der Waals surface area contributed by atoms with Gasteiger partial charge in [-0.15, -0.1) is 0 Å². The van der Waals surface area contributed by atoms with Crippen LogP contribution in [0.3, 0.4) is 0 Å². The highest BCUT2D eigenvalue weighted by Crippen LogP contribution is 2.38. The first kappa shape index (κ1) is 16.4. The van der Waals surface area contributed by atoms with E-state index in [1.807, 2.05) is 37.4 Å². The Balaban J connectivity index is 2.57. The van der Waals surface area contributed by atoms with E-state index in [0.29, 0.717) is 0 Å². The molecule has 0 bridgehead atoms. The van der Waals surface area contributed by atoms with E-state index in [2.05, 4.69) is 34.0 Å². The van der Waals surface area contributed by atoms with Gasteiger partial charge in [0.2, 0.25) is 0 Å². The van der Waals surface area contributed by atoms with Crippen molar-refractivity contribution in [2.45, 2.75) is 6.04 Å². The van der Waals surface area contributed by atoms with Crippen molar-refractivity contribution in [3.63, 3.8) is 0 Å². The summed E-state index contributed by atoms with van der Waals surface area (Å²) in [6, 6.07) is 11.7. The highest BCUT2D eigenvalue weighted by atomic mass is 127. The molecule has 2 aromatic carbocycles. The first-order chi connectivity index (χ1) is 10.1. The zero-order chi connectivity index (χ0) is 15.4. The number of benzene rings is 2. The van der Waals surface area contributed by atoms with Crippen molar-refractivity contribution in [1.29, 1.82) is 0 Å². The molecule has 0 aliphatic heterocycles. The summed E-state index contributed by atoms with van der Waals surface area (Å²) in [5.41, 5.74) is 2.02. The lowest BCUT2D eigenvalue weighted by atomic mass is 9.97. The van der Waals surface area contributed by atoms with Crippen molar-refractivity contribution in [3.05, 3.63) is 56.1 Å². The normalized spacial score (nSPS) is 12.0. The molecule has 0 amide bonds. The number of hydrogen-bond acceptors (Lipinski definition) is 3. The third kappa shape index (κ3) is 3.44. The van der Waals surface area contributed by atoms with Gasteiger partial charge >= 0.3 is 0 Å². The van der Waals surface area contributed by atoms with Crippen molar-refractivity contribution in [2.75, 3.05) is 21.3 Å². The Morgan fingerprint density at radius 3 is 2.19 bits per heavy atom. The molecule has 0 spiro atoms. The number of nitrogens with one attached hydrogen (secondary N) is 1. The van der Waals surface area contributed by atoms with Crippen LogP contribution < -0.4 is 14.8 Å². The standard InChI is InChI=1S/C16H17ClINO2/c1-19-16(10-7-8-12(18)11(17)9-10)15-13(20-2)5-4-6-14(15)21-3/h4-9,16,19H,1-3H3. The molecule has 1 N–H and O–H groups in total. The Kier molecular flexibility index (Phi) is 5.72. The molecule has 0 saturated carbocycles. The van der Waals surface area contributed by atoms with Crippen molar-refractivity contribution in [1.82, 2.24) is 5.32 Å². The Morgan fingerprint density at radius 1 is 1.10 bits per heavy atom. The summed E-state index contributed by atoms with van der Waals surface area (Å²) >= 11 is 8.47. The maximum absolute atomic E-state index is 6.25. The van der Waals surface area contributed by atoms with E-state index >= 15 is 0 Å². The minimum atomic E-state index is -0.0643. The van der Waals surface area contributed by atoms with Gasteiger partial charge in [0.05, 0.1) is 30.8 Å². The zero-order valence-electron chi connectivity index (χ0n) is 12.1. The fourth-order valence-electron chi connectivity index (χ4n) is 2.33. The van der Waals surface area contributed by atoms with E-state index in [1.165, 1.54) is 0 Å². The van der Waals surface area contributed by atoms with E-state index in [9.17, 15) is 0 Å². The second kappa shape index (κ2) is 7.33. The van der Waals surface area contributed by atoms with Crippen LogP contribution in [0.2, 0.25) is 5.02 Å². The summed E-state index contributed by atoms with van der Waals surface area (Å²) in [4.78, 5) is 0. The predicted octanol–water partition coefficient (Wildman–Crippen LogP) is 4.27. The Hall–Kier alpha value is -0.980. The fourth-order valence-corrected chi connectivity index (χ4v) is 2.86. The monoisotopic (exact) mass is 417 g/mol. The smallest absolute Gasteiger partial charge is 0.127 e. The molecule has 0 aliphatic rings. The third-order valence-electron chi connectivity index (χ3n) is 3.32. The predicted molar refractivity (Wildman–Crippen MR) is 94.6 cm³/mol. The number of ether oxygens (including phenoxy) is 2. The van der Waals surface area contributed by atoms with Gasteiger partial charge in [-0.05, 0) is 59.5 Å². The second-order valence-corrected chi connectivity index (χ2v) is 6.04. The lowest BCUT2D eigenvalue weighted by molar-refractivity contribution is 0.379. The number of methoxy groups -OCH3 is 2. The summed E-state index contributed by atoms with van der Waals surface area (Å²) in [7, 11) is 5.22. The van der Waals surface area contributed by atoms with Crippen LogP contribution >= 0.6 is 34.2 Å². The number of halogens is 2. The molecule has 0 saturated heterocycles. The average Bonchev–Trinajstić information content (AvgIpc) is 2.51. The van der Waals surface area contributed by atoms with E-state index < -0.39 is 0 Å². The van der Waals surface area contributed by atoms with Gasteiger partial charge in [-0.25, -0.2) is 0 Å². The van der Waals surface area contributed by atoms with Crippen molar-refractivity contribution in [2.24, 2.45) is 0 Å². The van der Waals surface area contributed by atoms with Gasteiger partial charge in [-0.3, -0.25) is 0 Å². The molecule has 3 nitrogen and oxygen atoms in total. The molecule has 2 aromatic rings. The Labute approximate surface area is 143 Å². The van der Waals surface area contributed by atoms with Crippen LogP contribution in [0.25, 0.3) is 0 Å². The summed E-state index contributed by atoms with van der Waals surface area (Å²) in [5, 5.41) is 4.05. The van der Waals surface area contributed by atoms with Crippen LogP contribution in [0.4, 0.5) is 0 Å². The highest BCUT2D eigenvalue weighted by molar-refractivity contribution is 14.1. The molecule has 0 aromatic heterocycles. The van der Waals surface area contributed by atoms with Gasteiger partial charge in [0, 0.05) is 3.57 Å². The van der Waals surface area contributed by atoms with Crippen LogP contribution in [0.5, 0.6) is 11.5 Å². The molecule has 0 aliphatic carbocycles. The molecular weight excluding hydrogens is 401 g/mol. The molecular formula is C16H17ClINO2. The SMILES string of the molecule is CNC(c1ccc(I)c(Cl)c1)c1c(OC)cccc1OC. The Morgan fingerprint density at radius 2 is 1.71 bits per heavy atom. The third-order valence-corrected chi connectivity index (χ3v) is 4.89. The molecule has 1 unspecified atom stereocenters. The number of hydrogen-bond donors (Lipinski definition) is 1. The molecule has 21 heavy (non-hydrogen) atoms. The van der Waals surface area contributed by atoms with Crippen LogP contribution in [0, 0.1) is 3.57 Å². The quantitative estimate of drug-likeness (QED) is 0.737. The van der Waals surface area contributed by atoms with E-state index in [4.69, 9.17) is 21.1 Å². The first-order valence-electron chi connectivity index (χ1n) is 6.45. The van der Waals surface area contributed by atoms with Crippen LogP contribution in [0.15, 0.2) is 36.4 Å². The van der Waals surface area contributed by atoms with Gasteiger partial charge in [-0.2, -0.15) is 0 Å². The maximum atomic E-state index is 6.25. The van der Waals surface area contributed by atoms with Crippen molar-refractivity contribution in [3.8, 4) is 11.5 Å². The van der Waals surface area contributed by atoms with Crippen LogP contribution in [-0.2, 0) is 0 Å². The molecule has 1 atom stereocenters. The molecule has 5 heteroatoms. The van der Waals surface area contributed by atoms with Gasteiger partial charge in [0.15, 0.2) is 0 Å². The molecule has 0 heterocycles. The van der Waals surface area contributed by atoms with Crippen LogP contribution in [-0.4, -0.2) is 21.3 Å². The summed E-state index contributed by atoms with van der Waals surface area (Å²) in [5.74, 6) is 1.56. The molecule has 112 valence electrons. The summed E-state index contributed by atoms with van der Waals surface area (Å²) in [6.07, 6.45) is 0. The van der Waals surface area contributed by atoms with Gasteiger partial charge in [0.25, 0.3) is 0 Å². The van der Waals surface area contributed by atoms with E-state index in [0.717, 1.165) is 31.2 Å². The highest BCUT2D eigenvalue weighted by Gasteiger charge is 2.21. The van der Waals surface area contributed by atoms with E-state index in [-0.39, 0.29) is 6.04 Å². The van der Waals surface area contributed by atoms with Crippen LogP contribution in [0.1, 0.15) is 17.2 Å². The topological polar surface area (TPSA) is 30.5 Å². The lowest BCUT2D eigenvalue weighted by Gasteiger charge is -2.22. The number of rotatable bonds is 5. The fraction of sp³-hybridized carbons (Fsp3) is 0.250. The van der Waals surface area contributed by atoms with Gasteiger partial charge in [-0.1, -0.05) is 23.7 Å². The maximum Gasteiger partial charge on any atom is 0.127 e. The molecule has 2 rings (SSSR count). The summed E-state index contributed by atoms with van der Waals surface area (Å²) < 4.78 is 12.0. The van der Waals surface area contributed by atoms with Crippen molar-refractivity contribution >= 4 is 34.2 Å². The van der Waals surface area contributed by atoms with Gasteiger partial charge < -0.3 is 14.8 Å². The minimum Gasteiger partial charge on any atom is -0.496 e.